The molecule has 3 rings (SSSR count). The highest BCUT2D eigenvalue weighted by atomic mass is 16.5. The van der Waals surface area contributed by atoms with Crippen LogP contribution >= 0.6 is 0 Å². The Morgan fingerprint density at radius 3 is 2.59 bits per heavy atom. The van der Waals surface area contributed by atoms with Crippen molar-refractivity contribution in [3.05, 3.63) is 65.2 Å². The number of hydrogen-bond acceptors (Lipinski definition) is 3. The molecule has 0 spiro atoms. The van der Waals surface area contributed by atoms with E-state index in [1.807, 2.05) is 38.1 Å². The fourth-order valence-corrected chi connectivity index (χ4v) is 3.53. The predicted molar refractivity (Wildman–Crippen MR) is 109 cm³/mol. The molecule has 0 radical (unpaired) electrons. The van der Waals surface area contributed by atoms with Crippen LogP contribution in [0.3, 0.4) is 0 Å². The predicted octanol–water partition coefficient (Wildman–Crippen LogP) is 3.85. The lowest BCUT2D eigenvalue weighted by Gasteiger charge is -2.33. The lowest BCUT2D eigenvalue weighted by atomic mass is 10.0. The van der Waals surface area contributed by atoms with Gasteiger partial charge in [0.15, 0.2) is 6.10 Å². The average Bonchev–Trinajstić information content (AvgIpc) is 2.65. The largest absolute Gasteiger partial charge is 0.481 e. The third-order valence-electron chi connectivity index (χ3n) is 5.26. The zero-order valence-corrected chi connectivity index (χ0v) is 16.6. The van der Waals surface area contributed by atoms with E-state index in [2.05, 4.69) is 41.4 Å². The Morgan fingerprint density at radius 2 is 1.89 bits per heavy atom. The third-order valence-corrected chi connectivity index (χ3v) is 5.26. The van der Waals surface area contributed by atoms with Crippen LogP contribution in [0.25, 0.3) is 0 Å². The number of amides is 1. The zero-order chi connectivity index (χ0) is 19.2. The molecule has 4 heteroatoms. The number of likely N-dealkylation sites (tertiary alicyclic amines) is 1. The Morgan fingerprint density at radius 1 is 1.15 bits per heavy atom. The van der Waals surface area contributed by atoms with Crippen molar-refractivity contribution in [1.82, 2.24) is 10.2 Å². The summed E-state index contributed by atoms with van der Waals surface area (Å²) in [7, 11) is 0. The van der Waals surface area contributed by atoms with Crippen LogP contribution in [0.5, 0.6) is 5.75 Å². The number of piperidine rings is 1. The molecule has 1 atom stereocenters. The summed E-state index contributed by atoms with van der Waals surface area (Å²) in [6.45, 7) is 8.99. The molecule has 2 aromatic rings. The van der Waals surface area contributed by atoms with Crippen LogP contribution in [0, 0.1) is 13.8 Å². The number of hydrogen-bond donors (Lipinski definition) is 1. The summed E-state index contributed by atoms with van der Waals surface area (Å²) in [6.07, 6.45) is 1.47. The molecule has 1 unspecified atom stereocenters. The number of benzene rings is 2. The van der Waals surface area contributed by atoms with Gasteiger partial charge in [-0.3, -0.25) is 9.69 Å². The molecule has 1 aliphatic heterocycles. The number of nitrogens with one attached hydrogen (secondary N) is 1. The van der Waals surface area contributed by atoms with Crippen LogP contribution in [-0.4, -0.2) is 36.0 Å². The Kier molecular flexibility index (Phi) is 6.51. The van der Waals surface area contributed by atoms with Crippen LogP contribution in [-0.2, 0) is 11.3 Å². The van der Waals surface area contributed by atoms with Crippen LogP contribution in [0.4, 0.5) is 0 Å². The Hall–Kier alpha value is -2.33. The van der Waals surface area contributed by atoms with E-state index in [4.69, 9.17) is 4.74 Å². The summed E-state index contributed by atoms with van der Waals surface area (Å²) in [4.78, 5) is 14.9. The molecule has 0 aromatic heterocycles. The molecule has 2 aromatic carbocycles. The van der Waals surface area contributed by atoms with Gasteiger partial charge in [-0.1, -0.05) is 36.4 Å². The molecule has 1 fully saturated rings. The maximum absolute atomic E-state index is 12.5. The van der Waals surface area contributed by atoms with Crippen molar-refractivity contribution >= 4 is 5.91 Å². The maximum atomic E-state index is 12.5. The molecule has 1 N–H and O–H groups in total. The van der Waals surface area contributed by atoms with Crippen LogP contribution in [0.2, 0.25) is 0 Å². The van der Waals surface area contributed by atoms with Crippen LogP contribution in [0.15, 0.2) is 48.5 Å². The molecule has 1 heterocycles. The van der Waals surface area contributed by atoms with E-state index < -0.39 is 6.10 Å². The van der Waals surface area contributed by atoms with Gasteiger partial charge in [0, 0.05) is 25.7 Å². The van der Waals surface area contributed by atoms with Gasteiger partial charge in [-0.05, 0) is 62.4 Å². The molecule has 1 saturated heterocycles. The molecule has 1 amide bonds. The van der Waals surface area contributed by atoms with E-state index in [1.165, 1.54) is 11.1 Å². The summed E-state index contributed by atoms with van der Waals surface area (Å²) in [5, 5.41) is 3.16. The van der Waals surface area contributed by atoms with E-state index in [9.17, 15) is 4.79 Å². The topological polar surface area (TPSA) is 41.6 Å². The van der Waals surface area contributed by atoms with E-state index >= 15 is 0 Å². The fraction of sp³-hybridized carbons (Fsp3) is 0.435. The minimum absolute atomic E-state index is 0.0335. The molecular weight excluding hydrogens is 336 g/mol. The molecule has 144 valence electrons. The Balaban J connectivity index is 1.44. The second-order valence-electron chi connectivity index (χ2n) is 7.56. The Bertz CT molecular complexity index is 766. The third kappa shape index (κ3) is 5.57. The van der Waals surface area contributed by atoms with Crippen molar-refractivity contribution in [2.24, 2.45) is 0 Å². The van der Waals surface area contributed by atoms with Gasteiger partial charge in [-0.15, -0.1) is 0 Å². The van der Waals surface area contributed by atoms with Crippen molar-refractivity contribution in [3.63, 3.8) is 0 Å². The van der Waals surface area contributed by atoms with E-state index in [-0.39, 0.29) is 11.9 Å². The van der Waals surface area contributed by atoms with Gasteiger partial charge >= 0.3 is 0 Å². The summed E-state index contributed by atoms with van der Waals surface area (Å²) in [5.74, 6) is 0.708. The normalized spacial score (nSPS) is 16.7. The van der Waals surface area contributed by atoms with Gasteiger partial charge in [0.05, 0.1) is 0 Å². The first-order valence-corrected chi connectivity index (χ1v) is 9.82. The Labute approximate surface area is 162 Å². The quantitative estimate of drug-likeness (QED) is 0.844. The molecule has 27 heavy (non-hydrogen) atoms. The molecule has 0 bridgehead atoms. The van der Waals surface area contributed by atoms with E-state index in [0.29, 0.717) is 0 Å². The summed E-state index contributed by atoms with van der Waals surface area (Å²) in [6, 6.07) is 16.6. The maximum Gasteiger partial charge on any atom is 0.260 e. The molecule has 0 saturated carbocycles. The minimum atomic E-state index is -0.489. The van der Waals surface area contributed by atoms with Crippen molar-refractivity contribution in [2.45, 2.75) is 52.3 Å². The van der Waals surface area contributed by atoms with Gasteiger partial charge in [-0.2, -0.15) is 0 Å². The van der Waals surface area contributed by atoms with E-state index in [1.54, 1.807) is 0 Å². The van der Waals surface area contributed by atoms with Crippen molar-refractivity contribution in [1.29, 1.82) is 0 Å². The molecule has 1 aliphatic rings. The van der Waals surface area contributed by atoms with Crippen molar-refractivity contribution < 1.29 is 9.53 Å². The van der Waals surface area contributed by atoms with Crippen molar-refractivity contribution in [3.8, 4) is 5.75 Å². The first-order chi connectivity index (χ1) is 13.0. The van der Waals surface area contributed by atoms with Crippen molar-refractivity contribution in [2.75, 3.05) is 13.1 Å². The smallest absolute Gasteiger partial charge is 0.260 e. The van der Waals surface area contributed by atoms with Gasteiger partial charge in [0.25, 0.3) is 5.91 Å². The number of carbonyl (C=O) groups is 1. The van der Waals surface area contributed by atoms with Gasteiger partial charge in [0.1, 0.15) is 5.75 Å². The summed E-state index contributed by atoms with van der Waals surface area (Å²) < 4.78 is 5.79. The lowest BCUT2D eigenvalue weighted by Crippen LogP contribution is -2.47. The minimum Gasteiger partial charge on any atom is -0.481 e. The zero-order valence-electron chi connectivity index (χ0n) is 16.6. The molecule has 4 nitrogen and oxygen atoms in total. The number of rotatable bonds is 6. The number of nitrogens with zero attached hydrogens (tertiary/aromatic N) is 1. The van der Waals surface area contributed by atoms with Gasteiger partial charge in [0.2, 0.25) is 0 Å². The summed E-state index contributed by atoms with van der Waals surface area (Å²) >= 11 is 0. The lowest BCUT2D eigenvalue weighted by molar-refractivity contribution is -0.128. The second kappa shape index (κ2) is 9.05. The number of carbonyl (C=O) groups excluding carboxylic acids is 1. The van der Waals surface area contributed by atoms with Crippen LogP contribution in [0.1, 0.15) is 36.5 Å². The highest BCUT2D eigenvalue weighted by Crippen LogP contribution is 2.17. The molecular formula is C23H30N2O2. The summed E-state index contributed by atoms with van der Waals surface area (Å²) in [5.41, 5.74) is 3.86. The van der Waals surface area contributed by atoms with E-state index in [0.717, 1.165) is 43.8 Å². The fourth-order valence-electron chi connectivity index (χ4n) is 3.53. The standard InChI is InChI=1S/C23H30N2O2/c1-17-7-6-10-22(15-17)27-19(3)23(26)24-21-11-13-25(14-12-21)16-20-9-5-4-8-18(20)2/h4-10,15,19,21H,11-14,16H2,1-3H3,(H,24,26). The highest BCUT2D eigenvalue weighted by molar-refractivity contribution is 5.81. The van der Waals surface area contributed by atoms with Gasteiger partial charge < -0.3 is 10.1 Å². The average molecular weight is 367 g/mol. The number of aryl methyl sites for hydroxylation is 2. The first-order valence-electron chi connectivity index (χ1n) is 9.82. The number of ether oxygens (including phenoxy) is 1. The molecule has 0 aliphatic carbocycles. The van der Waals surface area contributed by atoms with Crippen LogP contribution < -0.4 is 10.1 Å². The monoisotopic (exact) mass is 366 g/mol. The SMILES string of the molecule is Cc1cccc(OC(C)C(=O)NC2CCN(Cc3ccccc3C)CC2)c1. The highest BCUT2D eigenvalue weighted by Gasteiger charge is 2.23. The second-order valence-corrected chi connectivity index (χ2v) is 7.56. The van der Waals surface area contributed by atoms with Gasteiger partial charge in [-0.25, -0.2) is 0 Å². The first kappa shape index (κ1) is 19.4.